The van der Waals surface area contributed by atoms with Crippen LogP contribution in [0.25, 0.3) is 0 Å². The first kappa shape index (κ1) is 14.1. The highest BCUT2D eigenvalue weighted by Gasteiger charge is 2.10. The first-order valence-corrected chi connectivity index (χ1v) is 5.47. The molecule has 0 saturated heterocycles. The van der Waals surface area contributed by atoms with E-state index in [1.54, 1.807) is 18.3 Å². The van der Waals surface area contributed by atoms with Crippen molar-refractivity contribution in [3.8, 4) is 0 Å². The first-order chi connectivity index (χ1) is 6.63. The van der Waals surface area contributed by atoms with Gasteiger partial charge in [0.05, 0.1) is 17.1 Å². The summed E-state index contributed by atoms with van der Waals surface area (Å²) in [7, 11) is 0. The quantitative estimate of drug-likeness (QED) is 0.854. The number of nitrogens with zero attached hydrogens (tertiary/aromatic N) is 1. The highest BCUT2D eigenvalue weighted by atomic mass is 35.5. The normalized spacial score (nSPS) is 11.3. The largest absolute Gasteiger partial charge is 0.384 e. The molecule has 1 amide bonds. The zero-order valence-corrected chi connectivity index (χ0v) is 10.2. The molecule has 0 aromatic carbocycles. The molecule has 0 spiro atoms. The molecular formula is C9H14ClN3OS. The monoisotopic (exact) mass is 247 g/mol. The number of thioether (sulfide) groups is 1. The maximum atomic E-state index is 11.4. The minimum atomic E-state index is -0.0625. The van der Waals surface area contributed by atoms with Crippen molar-refractivity contribution < 1.29 is 4.79 Å². The van der Waals surface area contributed by atoms with Gasteiger partial charge >= 0.3 is 0 Å². The summed E-state index contributed by atoms with van der Waals surface area (Å²) in [6.45, 7) is 1.85. The molecule has 0 radical (unpaired) electrons. The van der Waals surface area contributed by atoms with Crippen LogP contribution in [0.15, 0.2) is 18.3 Å². The lowest BCUT2D eigenvalue weighted by Crippen LogP contribution is -2.22. The van der Waals surface area contributed by atoms with E-state index >= 15 is 0 Å². The molecule has 0 fully saturated rings. The van der Waals surface area contributed by atoms with Gasteiger partial charge in [0.15, 0.2) is 0 Å². The van der Waals surface area contributed by atoms with Gasteiger partial charge in [-0.05, 0) is 25.3 Å². The standard InChI is InChI=1S/C9H13N3OS.ClH/c1-6(14-2)9(13)12-7-3-4-8(10)11-5-7;/h3-6H,1-2H3,(H2,10,11)(H,12,13);1H. The summed E-state index contributed by atoms with van der Waals surface area (Å²) in [5, 5.41) is 2.68. The molecule has 0 aliphatic carbocycles. The van der Waals surface area contributed by atoms with Gasteiger partial charge in [-0.3, -0.25) is 4.79 Å². The number of nitrogens with two attached hydrogens (primary N) is 1. The Balaban J connectivity index is 0.00000196. The summed E-state index contributed by atoms with van der Waals surface area (Å²) < 4.78 is 0. The molecule has 4 nitrogen and oxygen atoms in total. The van der Waals surface area contributed by atoms with E-state index in [1.165, 1.54) is 11.8 Å². The van der Waals surface area contributed by atoms with Gasteiger partial charge in [0.25, 0.3) is 0 Å². The van der Waals surface area contributed by atoms with Crippen molar-refractivity contribution in [3.05, 3.63) is 18.3 Å². The smallest absolute Gasteiger partial charge is 0.237 e. The third kappa shape index (κ3) is 4.40. The summed E-state index contributed by atoms with van der Waals surface area (Å²) in [6.07, 6.45) is 3.44. The number of hydrogen-bond acceptors (Lipinski definition) is 4. The molecule has 1 heterocycles. The van der Waals surface area contributed by atoms with Crippen LogP contribution >= 0.6 is 24.2 Å². The molecule has 1 rings (SSSR count). The van der Waals surface area contributed by atoms with Gasteiger partial charge in [-0.2, -0.15) is 11.8 Å². The van der Waals surface area contributed by atoms with Crippen LogP contribution in [0.5, 0.6) is 0 Å². The number of halogens is 1. The molecule has 1 aromatic rings. The van der Waals surface area contributed by atoms with Gasteiger partial charge in [-0.1, -0.05) is 0 Å². The third-order valence-corrected chi connectivity index (χ3v) is 2.70. The van der Waals surface area contributed by atoms with E-state index < -0.39 is 0 Å². The summed E-state index contributed by atoms with van der Waals surface area (Å²) in [4.78, 5) is 15.3. The van der Waals surface area contributed by atoms with Crippen LogP contribution < -0.4 is 11.1 Å². The van der Waals surface area contributed by atoms with E-state index in [-0.39, 0.29) is 23.6 Å². The van der Waals surface area contributed by atoms with E-state index in [0.717, 1.165) is 0 Å². The first-order valence-electron chi connectivity index (χ1n) is 4.18. The molecule has 0 saturated carbocycles. The Morgan fingerprint density at radius 1 is 1.60 bits per heavy atom. The van der Waals surface area contributed by atoms with Crippen LogP contribution in [0, 0.1) is 0 Å². The van der Waals surface area contributed by atoms with Crippen molar-refractivity contribution in [3.63, 3.8) is 0 Å². The molecule has 3 N–H and O–H groups in total. The van der Waals surface area contributed by atoms with Crippen LogP contribution in [0.1, 0.15) is 6.92 Å². The lowest BCUT2D eigenvalue weighted by atomic mass is 10.3. The van der Waals surface area contributed by atoms with E-state index in [0.29, 0.717) is 11.5 Å². The van der Waals surface area contributed by atoms with E-state index in [4.69, 9.17) is 5.73 Å². The molecule has 0 aliphatic heterocycles. The number of nitrogen functional groups attached to an aromatic ring is 1. The maximum absolute atomic E-state index is 11.4. The molecule has 84 valence electrons. The average Bonchev–Trinajstić information content (AvgIpc) is 2.20. The van der Waals surface area contributed by atoms with Crippen molar-refractivity contribution in [1.82, 2.24) is 4.98 Å². The number of pyridine rings is 1. The highest BCUT2D eigenvalue weighted by molar-refractivity contribution is 7.99. The van der Waals surface area contributed by atoms with Crippen molar-refractivity contribution in [2.45, 2.75) is 12.2 Å². The number of amides is 1. The number of carbonyl (C=O) groups is 1. The lowest BCUT2D eigenvalue weighted by molar-refractivity contribution is -0.115. The Bertz CT molecular complexity index is 318. The van der Waals surface area contributed by atoms with Crippen molar-refractivity contribution in [1.29, 1.82) is 0 Å². The van der Waals surface area contributed by atoms with E-state index in [9.17, 15) is 4.79 Å². The van der Waals surface area contributed by atoms with Crippen molar-refractivity contribution >= 4 is 41.6 Å². The summed E-state index contributed by atoms with van der Waals surface area (Å²) in [5.41, 5.74) is 6.09. The SMILES string of the molecule is CSC(C)C(=O)Nc1ccc(N)nc1.Cl. The number of hydrogen-bond donors (Lipinski definition) is 2. The Morgan fingerprint density at radius 3 is 2.73 bits per heavy atom. The Labute approximate surface area is 99.4 Å². The van der Waals surface area contributed by atoms with Crippen LogP contribution in [0.3, 0.4) is 0 Å². The highest BCUT2D eigenvalue weighted by Crippen LogP contribution is 2.11. The summed E-state index contributed by atoms with van der Waals surface area (Å²) >= 11 is 1.50. The zero-order chi connectivity index (χ0) is 10.6. The van der Waals surface area contributed by atoms with Gasteiger partial charge < -0.3 is 11.1 Å². The Kier molecular flexibility index (Phi) is 6.12. The zero-order valence-electron chi connectivity index (χ0n) is 8.56. The maximum Gasteiger partial charge on any atom is 0.237 e. The van der Waals surface area contributed by atoms with E-state index in [2.05, 4.69) is 10.3 Å². The fourth-order valence-corrected chi connectivity index (χ4v) is 1.10. The Morgan fingerprint density at radius 2 is 2.27 bits per heavy atom. The fourth-order valence-electron chi connectivity index (χ4n) is 0.830. The van der Waals surface area contributed by atoms with Gasteiger partial charge in [-0.25, -0.2) is 4.98 Å². The third-order valence-electron chi connectivity index (χ3n) is 1.78. The minimum absolute atomic E-state index is 0. The predicted molar refractivity (Wildman–Crippen MR) is 67.5 cm³/mol. The predicted octanol–water partition coefficient (Wildman–Crippen LogP) is 1.78. The fraction of sp³-hybridized carbons (Fsp3) is 0.333. The van der Waals surface area contributed by atoms with Crippen LogP contribution in [-0.4, -0.2) is 22.4 Å². The van der Waals surface area contributed by atoms with Crippen molar-refractivity contribution in [2.75, 3.05) is 17.3 Å². The van der Waals surface area contributed by atoms with E-state index in [1.807, 2.05) is 13.2 Å². The second-order valence-electron chi connectivity index (χ2n) is 2.84. The van der Waals surface area contributed by atoms with Gasteiger partial charge in [-0.15, -0.1) is 12.4 Å². The minimum Gasteiger partial charge on any atom is -0.384 e. The Hall–Kier alpha value is -0.940. The molecule has 6 heteroatoms. The summed E-state index contributed by atoms with van der Waals surface area (Å²) in [5.74, 6) is 0.421. The van der Waals surface area contributed by atoms with Gasteiger partial charge in [0.2, 0.25) is 5.91 Å². The van der Waals surface area contributed by atoms with Crippen LogP contribution in [0.2, 0.25) is 0 Å². The second kappa shape index (κ2) is 6.53. The number of aromatic nitrogens is 1. The lowest BCUT2D eigenvalue weighted by Gasteiger charge is -2.08. The number of carbonyl (C=O) groups excluding carboxylic acids is 1. The molecule has 15 heavy (non-hydrogen) atoms. The molecule has 1 aromatic heterocycles. The molecule has 0 aliphatic rings. The number of anilines is 2. The van der Waals surface area contributed by atoms with Crippen molar-refractivity contribution in [2.24, 2.45) is 0 Å². The second-order valence-corrected chi connectivity index (χ2v) is 4.02. The van der Waals surface area contributed by atoms with Crippen LogP contribution in [0.4, 0.5) is 11.5 Å². The number of rotatable bonds is 3. The molecule has 1 unspecified atom stereocenters. The number of nitrogens with one attached hydrogen (secondary N) is 1. The average molecular weight is 248 g/mol. The van der Waals surface area contributed by atoms with Gasteiger partial charge in [0.1, 0.15) is 5.82 Å². The summed E-state index contributed by atoms with van der Waals surface area (Å²) in [6, 6.07) is 3.38. The molecule has 0 bridgehead atoms. The van der Waals surface area contributed by atoms with Crippen LogP contribution in [-0.2, 0) is 4.79 Å². The topological polar surface area (TPSA) is 68.0 Å². The molecular weight excluding hydrogens is 234 g/mol. The van der Waals surface area contributed by atoms with Gasteiger partial charge in [0, 0.05) is 0 Å². The molecule has 1 atom stereocenters.